The molecule has 0 unspecified atom stereocenters. The number of hydrogen-bond donors (Lipinski definition) is 1. The Balaban J connectivity index is 2.11. The normalized spacial score (nSPS) is 12.1. The van der Waals surface area contributed by atoms with Crippen molar-refractivity contribution in [3.8, 4) is 11.5 Å². The molecule has 38 heavy (non-hydrogen) atoms. The summed E-state index contributed by atoms with van der Waals surface area (Å²) in [5.41, 5.74) is 3.32. The van der Waals surface area contributed by atoms with Gasteiger partial charge in [0.1, 0.15) is 18.1 Å². The molecule has 0 fully saturated rings. The topological polar surface area (TPSA) is 108 Å². The molecule has 0 spiro atoms. The van der Waals surface area contributed by atoms with E-state index < -0.39 is 16.1 Å². The summed E-state index contributed by atoms with van der Waals surface area (Å²) in [5, 5.41) is 9.52. The van der Waals surface area contributed by atoms with Crippen LogP contribution in [0.15, 0.2) is 48.2 Å². The van der Waals surface area contributed by atoms with Crippen molar-refractivity contribution in [2.75, 3.05) is 32.2 Å². The molecule has 210 valence electrons. The maximum Gasteiger partial charge on any atom is 0.371 e. The average Bonchev–Trinajstić information content (AvgIpc) is 2.89. The van der Waals surface area contributed by atoms with Gasteiger partial charge < -0.3 is 23.5 Å². The molecule has 0 bridgehead atoms. The van der Waals surface area contributed by atoms with E-state index >= 15 is 0 Å². The Morgan fingerprint density at radius 1 is 0.921 bits per heavy atom. The minimum Gasteiger partial charge on any atom is -0.491 e. The number of carbonyl (C=O) groups is 1. The van der Waals surface area contributed by atoms with Crippen molar-refractivity contribution >= 4 is 21.7 Å². The first-order valence-corrected chi connectivity index (χ1v) is 14.7. The SMILES string of the molecule is CCCCS(=O)(=O)Oc1ccc(CCCc2ccc(/C(C)=C(\OCC)C(=O)O)cc2OCCOCC)cc1. The minimum atomic E-state index is -3.57. The number of allylic oxidation sites excluding steroid dienone is 1. The molecule has 8 nitrogen and oxygen atoms in total. The molecular formula is C29H40O8S. The molecule has 1 N–H and O–H groups in total. The summed E-state index contributed by atoms with van der Waals surface area (Å²) in [4.78, 5) is 11.6. The van der Waals surface area contributed by atoms with E-state index in [0.29, 0.717) is 43.3 Å². The van der Waals surface area contributed by atoms with Gasteiger partial charge in [0.15, 0.2) is 0 Å². The van der Waals surface area contributed by atoms with Gasteiger partial charge in [0.25, 0.3) is 0 Å². The molecule has 0 heterocycles. The highest BCUT2D eigenvalue weighted by Gasteiger charge is 2.16. The van der Waals surface area contributed by atoms with Crippen LogP contribution in [0, 0.1) is 0 Å². The van der Waals surface area contributed by atoms with Gasteiger partial charge in [-0.25, -0.2) is 4.79 Å². The summed E-state index contributed by atoms with van der Waals surface area (Å²) in [6.45, 7) is 9.03. The number of benzene rings is 2. The Hall–Kier alpha value is -3.04. The van der Waals surface area contributed by atoms with E-state index in [1.54, 1.807) is 26.0 Å². The minimum absolute atomic E-state index is 0.0115. The molecule has 0 aliphatic carbocycles. The van der Waals surface area contributed by atoms with Crippen LogP contribution in [0.1, 0.15) is 63.6 Å². The molecule has 2 rings (SSSR count). The van der Waals surface area contributed by atoms with E-state index in [9.17, 15) is 18.3 Å². The van der Waals surface area contributed by atoms with Gasteiger partial charge in [-0.2, -0.15) is 8.42 Å². The molecular weight excluding hydrogens is 508 g/mol. The number of unbranched alkanes of at least 4 members (excludes halogenated alkanes) is 1. The third-order valence-corrected chi connectivity index (χ3v) is 7.05. The summed E-state index contributed by atoms with van der Waals surface area (Å²) in [7, 11) is -3.57. The highest BCUT2D eigenvalue weighted by molar-refractivity contribution is 7.87. The fraction of sp³-hybridized carbons (Fsp3) is 0.483. The Kier molecular flexibility index (Phi) is 13.2. The van der Waals surface area contributed by atoms with Crippen molar-refractivity contribution in [3.05, 3.63) is 64.9 Å². The summed E-state index contributed by atoms with van der Waals surface area (Å²) < 4.78 is 45.9. The van der Waals surface area contributed by atoms with Crippen molar-refractivity contribution < 1.29 is 36.7 Å². The second kappa shape index (κ2) is 16.0. The Bertz CT molecular complexity index is 1150. The van der Waals surface area contributed by atoms with Gasteiger partial charge in [-0.15, -0.1) is 0 Å². The van der Waals surface area contributed by atoms with Gasteiger partial charge in [0.2, 0.25) is 5.76 Å². The van der Waals surface area contributed by atoms with Crippen molar-refractivity contribution in [1.29, 1.82) is 0 Å². The van der Waals surface area contributed by atoms with E-state index in [-0.39, 0.29) is 18.1 Å². The number of carboxylic acids is 1. The summed E-state index contributed by atoms with van der Waals surface area (Å²) in [6.07, 6.45) is 3.73. The molecule has 0 saturated heterocycles. The van der Waals surface area contributed by atoms with Crippen molar-refractivity contribution in [1.82, 2.24) is 0 Å². The van der Waals surface area contributed by atoms with Crippen molar-refractivity contribution in [2.45, 2.75) is 59.8 Å². The first-order valence-electron chi connectivity index (χ1n) is 13.1. The van der Waals surface area contributed by atoms with Crippen LogP contribution in [0.3, 0.4) is 0 Å². The first-order chi connectivity index (χ1) is 18.2. The van der Waals surface area contributed by atoms with Crippen molar-refractivity contribution in [3.63, 3.8) is 0 Å². The van der Waals surface area contributed by atoms with Crippen LogP contribution < -0.4 is 8.92 Å². The van der Waals surface area contributed by atoms with Crippen LogP contribution in [0.5, 0.6) is 11.5 Å². The lowest BCUT2D eigenvalue weighted by molar-refractivity contribution is -0.136. The lowest BCUT2D eigenvalue weighted by atomic mass is 9.99. The van der Waals surface area contributed by atoms with E-state index in [4.69, 9.17) is 18.4 Å². The van der Waals surface area contributed by atoms with E-state index in [2.05, 4.69) is 0 Å². The number of ether oxygens (including phenoxy) is 3. The van der Waals surface area contributed by atoms with Crippen LogP contribution >= 0.6 is 0 Å². The number of carboxylic acid groups (broad SMARTS) is 1. The molecule has 0 aliphatic rings. The molecule has 0 aromatic heterocycles. The number of hydrogen-bond acceptors (Lipinski definition) is 7. The molecule has 2 aromatic carbocycles. The van der Waals surface area contributed by atoms with Crippen LogP contribution in [-0.4, -0.2) is 51.7 Å². The third-order valence-electron chi connectivity index (χ3n) is 5.82. The van der Waals surface area contributed by atoms with Crippen LogP contribution in [-0.2, 0) is 37.2 Å². The van der Waals surface area contributed by atoms with Gasteiger partial charge in [0.05, 0.1) is 19.0 Å². The second-order valence-corrected chi connectivity index (χ2v) is 10.4. The van der Waals surface area contributed by atoms with Crippen LogP contribution in [0.25, 0.3) is 5.57 Å². The van der Waals surface area contributed by atoms with Gasteiger partial charge >= 0.3 is 16.1 Å². The molecule has 0 atom stereocenters. The monoisotopic (exact) mass is 548 g/mol. The van der Waals surface area contributed by atoms with Gasteiger partial charge in [-0.1, -0.05) is 37.6 Å². The first kappa shape index (κ1) is 31.2. The highest BCUT2D eigenvalue weighted by atomic mass is 32.2. The zero-order valence-electron chi connectivity index (χ0n) is 22.8. The van der Waals surface area contributed by atoms with Crippen LogP contribution in [0.4, 0.5) is 0 Å². The predicted octanol–water partition coefficient (Wildman–Crippen LogP) is 5.64. The van der Waals surface area contributed by atoms with Crippen molar-refractivity contribution in [2.24, 2.45) is 0 Å². The lowest BCUT2D eigenvalue weighted by Gasteiger charge is -2.15. The van der Waals surface area contributed by atoms with E-state index in [1.165, 1.54) is 0 Å². The molecule has 9 heteroatoms. The average molecular weight is 549 g/mol. The maximum atomic E-state index is 12.0. The Labute approximate surface area is 226 Å². The summed E-state index contributed by atoms with van der Waals surface area (Å²) in [5.74, 6) is -0.170. The zero-order valence-corrected chi connectivity index (χ0v) is 23.6. The smallest absolute Gasteiger partial charge is 0.371 e. The Morgan fingerprint density at radius 3 is 2.29 bits per heavy atom. The maximum absolute atomic E-state index is 12.0. The van der Waals surface area contributed by atoms with Crippen LogP contribution in [0.2, 0.25) is 0 Å². The largest absolute Gasteiger partial charge is 0.491 e. The lowest BCUT2D eigenvalue weighted by Crippen LogP contribution is -2.13. The second-order valence-electron chi connectivity index (χ2n) is 8.76. The molecule has 0 saturated carbocycles. The van der Waals surface area contributed by atoms with E-state index in [0.717, 1.165) is 42.4 Å². The molecule has 0 radical (unpaired) electrons. The fourth-order valence-electron chi connectivity index (χ4n) is 3.79. The Morgan fingerprint density at radius 2 is 1.66 bits per heavy atom. The standard InChI is InChI=1S/C29H40O8S/c1-5-8-20-38(32,33)37-26-16-12-23(13-17-26)10-9-11-24-14-15-25(21-27(24)36-19-18-34-6-2)22(4)28(29(30)31)35-7-3/h12-17,21H,5-11,18-20H2,1-4H3,(H,30,31)/b28-22-. The number of aryl methyl sites for hydroxylation is 2. The number of aliphatic carboxylic acids is 1. The highest BCUT2D eigenvalue weighted by Crippen LogP contribution is 2.28. The predicted molar refractivity (Wildman–Crippen MR) is 148 cm³/mol. The quantitative estimate of drug-likeness (QED) is 0.110. The third kappa shape index (κ3) is 10.4. The summed E-state index contributed by atoms with van der Waals surface area (Å²) in [6, 6.07) is 12.8. The summed E-state index contributed by atoms with van der Waals surface area (Å²) >= 11 is 0. The number of rotatable bonds is 18. The van der Waals surface area contributed by atoms with Gasteiger partial charge in [-0.3, -0.25) is 0 Å². The van der Waals surface area contributed by atoms with E-state index in [1.807, 2.05) is 44.2 Å². The zero-order chi connectivity index (χ0) is 28.0. The fourth-order valence-corrected chi connectivity index (χ4v) is 4.92. The van der Waals surface area contributed by atoms with Gasteiger partial charge in [-0.05, 0) is 81.3 Å². The van der Waals surface area contributed by atoms with Gasteiger partial charge in [0, 0.05) is 12.2 Å². The molecule has 0 aliphatic heterocycles. The molecule has 2 aromatic rings. The molecule has 0 amide bonds.